The summed E-state index contributed by atoms with van der Waals surface area (Å²) in [4.78, 5) is 16.9. The maximum absolute atomic E-state index is 15.7. The molecule has 0 spiro atoms. The zero-order valence-electron chi connectivity index (χ0n) is 14.6. The fourth-order valence-electron chi connectivity index (χ4n) is 3.38. The first-order chi connectivity index (χ1) is 12.9. The van der Waals surface area contributed by atoms with Crippen LogP contribution in [0.4, 0.5) is 4.39 Å². The van der Waals surface area contributed by atoms with Crippen molar-refractivity contribution in [1.29, 1.82) is 0 Å². The van der Waals surface area contributed by atoms with E-state index in [0.29, 0.717) is 33.3 Å². The Morgan fingerprint density at radius 2 is 2.26 bits per heavy atom. The van der Waals surface area contributed by atoms with Gasteiger partial charge in [-0.25, -0.2) is 4.39 Å². The van der Waals surface area contributed by atoms with E-state index in [1.165, 1.54) is 13.2 Å². The molecule has 1 heterocycles. The molecule has 0 saturated carbocycles. The van der Waals surface area contributed by atoms with E-state index in [-0.39, 0.29) is 31.2 Å². The van der Waals surface area contributed by atoms with Crippen LogP contribution in [0.15, 0.2) is 30.5 Å². The molecule has 1 aliphatic rings. The molecule has 2 aromatic rings. The summed E-state index contributed by atoms with van der Waals surface area (Å²) in [5.41, 5.74) is -0.588. The van der Waals surface area contributed by atoms with Crippen molar-refractivity contribution in [1.82, 2.24) is 10.3 Å². The highest BCUT2D eigenvalue weighted by Crippen LogP contribution is 2.43. The number of hydrogen-bond donors (Lipinski definition) is 2. The average molecular weight is 413 g/mol. The smallest absolute Gasteiger partial charge is 0.262 e. The molecule has 0 bridgehead atoms. The van der Waals surface area contributed by atoms with Crippen molar-refractivity contribution in [2.24, 2.45) is 0 Å². The minimum Gasteiger partial charge on any atom is -0.392 e. The summed E-state index contributed by atoms with van der Waals surface area (Å²) in [6, 6.07) is 6.22. The Morgan fingerprint density at radius 3 is 2.96 bits per heavy atom. The number of nitrogens with zero attached hydrogens (tertiary/aromatic N) is 1. The van der Waals surface area contributed by atoms with Crippen LogP contribution in [0.5, 0.6) is 0 Å². The minimum atomic E-state index is -2.21. The molecule has 8 heteroatoms. The van der Waals surface area contributed by atoms with E-state index in [2.05, 4.69) is 10.3 Å². The second-order valence-electron chi connectivity index (χ2n) is 6.37. The molecule has 1 aliphatic carbocycles. The van der Waals surface area contributed by atoms with Gasteiger partial charge in [0.25, 0.3) is 5.91 Å². The molecule has 2 unspecified atom stereocenters. The molecule has 2 atom stereocenters. The zero-order valence-corrected chi connectivity index (χ0v) is 16.1. The first-order valence-corrected chi connectivity index (χ1v) is 9.19. The van der Waals surface area contributed by atoms with Crippen LogP contribution in [0.2, 0.25) is 10.0 Å². The summed E-state index contributed by atoms with van der Waals surface area (Å²) in [5.74, 6) is -0.777. The van der Waals surface area contributed by atoms with Gasteiger partial charge in [0.15, 0.2) is 0 Å². The third kappa shape index (κ3) is 3.80. The number of aliphatic hydroxyl groups is 1. The Labute approximate surface area is 166 Å². The quantitative estimate of drug-likeness (QED) is 0.782. The monoisotopic (exact) mass is 412 g/mol. The molecule has 0 aliphatic heterocycles. The topological polar surface area (TPSA) is 71.5 Å². The van der Waals surface area contributed by atoms with Crippen LogP contribution < -0.4 is 5.32 Å². The maximum atomic E-state index is 15.7. The van der Waals surface area contributed by atoms with Gasteiger partial charge in [-0.3, -0.25) is 9.78 Å². The van der Waals surface area contributed by atoms with E-state index < -0.39 is 11.6 Å². The Hall–Kier alpha value is -1.73. The lowest BCUT2D eigenvalue weighted by Crippen LogP contribution is -2.44. The first-order valence-electron chi connectivity index (χ1n) is 8.43. The molecule has 27 heavy (non-hydrogen) atoms. The number of amides is 1. The fourth-order valence-corrected chi connectivity index (χ4v) is 3.98. The van der Waals surface area contributed by atoms with Crippen molar-refractivity contribution in [2.75, 3.05) is 7.11 Å². The van der Waals surface area contributed by atoms with Gasteiger partial charge in [-0.15, -0.1) is 0 Å². The van der Waals surface area contributed by atoms with Crippen LogP contribution in [0.25, 0.3) is 0 Å². The lowest BCUT2D eigenvalue weighted by Gasteiger charge is -2.33. The largest absolute Gasteiger partial charge is 0.392 e. The van der Waals surface area contributed by atoms with Gasteiger partial charge < -0.3 is 15.2 Å². The number of ether oxygens (including phenoxy) is 1. The Morgan fingerprint density at radius 1 is 1.48 bits per heavy atom. The van der Waals surface area contributed by atoms with Crippen molar-refractivity contribution >= 4 is 29.1 Å². The van der Waals surface area contributed by atoms with Crippen molar-refractivity contribution in [3.05, 3.63) is 62.9 Å². The van der Waals surface area contributed by atoms with Gasteiger partial charge >= 0.3 is 0 Å². The van der Waals surface area contributed by atoms with Crippen LogP contribution in [0.1, 0.15) is 41.3 Å². The molecule has 2 N–H and O–H groups in total. The van der Waals surface area contributed by atoms with E-state index >= 15 is 4.39 Å². The lowest BCUT2D eigenvalue weighted by atomic mass is 9.80. The summed E-state index contributed by atoms with van der Waals surface area (Å²) >= 11 is 12.1. The maximum Gasteiger partial charge on any atom is 0.262 e. The first kappa shape index (κ1) is 20.0. The molecule has 1 aromatic heterocycles. The molecule has 1 amide bonds. The molecule has 144 valence electrons. The number of pyridine rings is 1. The number of hydrogen-bond acceptors (Lipinski definition) is 4. The predicted molar refractivity (Wildman–Crippen MR) is 100 cm³/mol. The van der Waals surface area contributed by atoms with Crippen LogP contribution >= 0.6 is 23.2 Å². The summed E-state index contributed by atoms with van der Waals surface area (Å²) < 4.78 is 21.1. The third-order valence-corrected chi connectivity index (χ3v) is 5.37. The summed E-state index contributed by atoms with van der Waals surface area (Å²) in [6.45, 7) is -0.325. The van der Waals surface area contributed by atoms with Crippen LogP contribution in [0, 0.1) is 0 Å². The fraction of sp³-hybridized carbons (Fsp3) is 0.368. The van der Waals surface area contributed by atoms with Crippen LogP contribution in [-0.2, 0) is 28.4 Å². The molecule has 1 aromatic carbocycles. The van der Waals surface area contributed by atoms with Gasteiger partial charge in [0, 0.05) is 35.5 Å². The van der Waals surface area contributed by atoms with Crippen molar-refractivity contribution in [3.63, 3.8) is 0 Å². The molecule has 3 rings (SSSR count). The summed E-state index contributed by atoms with van der Waals surface area (Å²) in [6.07, 6.45) is 1.53. The van der Waals surface area contributed by atoms with E-state index in [1.807, 2.05) is 0 Å². The summed E-state index contributed by atoms with van der Waals surface area (Å²) in [7, 11) is 1.54. The molecule has 0 fully saturated rings. The van der Waals surface area contributed by atoms with Gasteiger partial charge in [-0.1, -0.05) is 29.3 Å². The highest BCUT2D eigenvalue weighted by molar-refractivity contribution is 6.35. The second kappa shape index (κ2) is 8.10. The van der Waals surface area contributed by atoms with Crippen molar-refractivity contribution in [3.8, 4) is 0 Å². The van der Waals surface area contributed by atoms with E-state index in [9.17, 15) is 9.90 Å². The van der Waals surface area contributed by atoms with Gasteiger partial charge in [-0.2, -0.15) is 0 Å². The number of aromatic nitrogens is 1. The Kier molecular flexibility index (Phi) is 6.01. The highest BCUT2D eigenvalue weighted by atomic mass is 35.5. The Balaban J connectivity index is 1.85. The van der Waals surface area contributed by atoms with Crippen LogP contribution in [-0.4, -0.2) is 23.1 Å². The van der Waals surface area contributed by atoms with Gasteiger partial charge in [0.2, 0.25) is 5.67 Å². The number of nitrogens with one attached hydrogen (secondary N) is 1. The van der Waals surface area contributed by atoms with Gasteiger partial charge in [0.1, 0.15) is 0 Å². The third-order valence-electron chi connectivity index (χ3n) is 4.81. The predicted octanol–water partition coefficient (Wildman–Crippen LogP) is 3.84. The number of halogens is 3. The number of methoxy groups -OCH3 is 1. The molecule has 5 nitrogen and oxygen atoms in total. The molecule has 0 saturated heterocycles. The number of alkyl halides is 1. The zero-order chi connectivity index (χ0) is 19.6. The van der Waals surface area contributed by atoms with Gasteiger partial charge in [0.05, 0.1) is 18.4 Å². The number of aliphatic hydroxyl groups excluding tert-OH is 1. The molecular weight excluding hydrogens is 394 g/mol. The number of carbonyl (C=O) groups is 1. The number of benzene rings is 1. The molecule has 0 radical (unpaired) electrons. The number of fused-ring (bicyclic) bond motifs is 1. The minimum absolute atomic E-state index is 0.0166. The second-order valence-corrected chi connectivity index (χ2v) is 7.21. The van der Waals surface area contributed by atoms with E-state index in [0.717, 1.165) is 0 Å². The lowest BCUT2D eigenvalue weighted by molar-refractivity contribution is -0.135. The van der Waals surface area contributed by atoms with Crippen molar-refractivity contribution < 1.29 is 19.0 Å². The Bertz CT molecular complexity index is 865. The number of carbonyl (C=O) groups excluding carboxylic acids is 1. The average Bonchev–Trinajstić information content (AvgIpc) is 2.67. The summed E-state index contributed by atoms with van der Waals surface area (Å²) in [5, 5.41) is 12.8. The normalized spacial score (nSPS) is 21.6. The van der Waals surface area contributed by atoms with Crippen molar-refractivity contribution in [2.45, 2.75) is 37.8 Å². The number of rotatable bonds is 5. The standard InChI is InChI=1S/C19H19Cl2FN2O3/c1-27-16-4-5-19(22,14-3-2-6-23-17(14)16)18(26)24-9-13-11(10-25)7-12(20)8-15(13)21/h2-3,6-8,16,25H,4-5,9-10H2,1H3,(H,24,26). The highest BCUT2D eigenvalue weighted by Gasteiger charge is 2.47. The van der Waals surface area contributed by atoms with E-state index in [1.54, 1.807) is 24.4 Å². The molecular formula is C19H19Cl2FN2O3. The van der Waals surface area contributed by atoms with Crippen LogP contribution in [0.3, 0.4) is 0 Å². The van der Waals surface area contributed by atoms with Gasteiger partial charge in [-0.05, 0) is 42.2 Å². The SMILES string of the molecule is COC1CCC(F)(C(=O)NCc2c(Cl)cc(Cl)cc2CO)c2cccnc21. The van der Waals surface area contributed by atoms with E-state index in [4.69, 9.17) is 27.9 Å².